The number of likely N-dealkylation sites (tertiary alicyclic amines) is 1. The summed E-state index contributed by atoms with van der Waals surface area (Å²) in [5, 5.41) is 9.70. The van der Waals surface area contributed by atoms with Gasteiger partial charge in [-0.15, -0.1) is 0 Å². The van der Waals surface area contributed by atoms with Crippen molar-refractivity contribution in [2.75, 3.05) is 33.7 Å². The van der Waals surface area contributed by atoms with Crippen molar-refractivity contribution >= 4 is 0 Å². The molecular formula is C12H24N2O. The van der Waals surface area contributed by atoms with E-state index in [-0.39, 0.29) is 6.10 Å². The van der Waals surface area contributed by atoms with Crippen LogP contribution < -0.4 is 0 Å². The van der Waals surface area contributed by atoms with Crippen molar-refractivity contribution in [3.63, 3.8) is 0 Å². The van der Waals surface area contributed by atoms with Gasteiger partial charge in [0.2, 0.25) is 0 Å². The molecule has 1 aliphatic carbocycles. The van der Waals surface area contributed by atoms with Crippen LogP contribution in [-0.2, 0) is 0 Å². The lowest BCUT2D eigenvalue weighted by molar-refractivity contribution is 0.171. The van der Waals surface area contributed by atoms with Crippen LogP contribution in [0, 0.1) is 5.92 Å². The number of hydrogen-bond acceptors (Lipinski definition) is 3. The van der Waals surface area contributed by atoms with Crippen LogP contribution in [0.15, 0.2) is 0 Å². The largest absolute Gasteiger partial charge is 0.392 e. The molecule has 0 aromatic heterocycles. The maximum atomic E-state index is 9.70. The zero-order valence-corrected chi connectivity index (χ0v) is 10.0. The highest BCUT2D eigenvalue weighted by atomic mass is 16.3. The molecule has 2 fully saturated rings. The Kier molecular flexibility index (Phi) is 3.65. The molecule has 0 aromatic rings. The molecule has 1 saturated heterocycles. The molecule has 2 aliphatic rings. The lowest BCUT2D eigenvalue weighted by Gasteiger charge is -2.26. The Hall–Kier alpha value is -0.120. The molecule has 1 N–H and O–H groups in total. The maximum Gasteiger partial charge on any atom is 0.0682 e. The van der Waals surface area contributed by atoms with Crippen molar-refractivity contribution < 1.29 is 5.11 Å². The first-order chi connectivity index (χ1) is 7.15. The first kappa shape index (κ1) is 11.4. The molecule has 88 valence electrons. The van der Waals surface area contributed by atoms with E-state index >= 15 is 0 Å². The highest BCUT2D eigenvalue weighted by molar-refractivity contribution is 4.87. The van der Waals surface area contributed by atoms with Gasteiger partial charge in [0.05, 0.1) is 6.10 Å². The maximum absolute atomic E-state index is 9.70. The highest BCUT2D eigenvalue weighted by Gasteiger charge is 2.32. The molecule has 0 radical (unpaired) electrons. The standard InChI is InChI=1S/C12H24N2O/c1-13(2)8-11-7-12(15)9-14(11)6-5-10-3-4-10/h10-12,15H,3-9H2,1-2H3. The summed E-state index contributed by atoms with van der Waals surface area (Å²) in [6.45, 7) is 3.17. The Morgan fingerprint density at radius 2 is 2.07 bits per heavy atom. The van der Waals surface area contributed by atoms with Crippen LogP contribution in [0.2, 0.25) is 0 Å². The molecule has 2 unspecified atom stereocenters. The van der Waals surface area contributed by atoms with Gasteiger partial charge in [0.15, 0.2) is 0 Å². The summed E-state index contributed by atoms with van der Waals surface area (Å²) < 4.78 is 0. The third kappa shape index (κ3) is 3.44. The molecule has 0 amide bonds. The Balaban J connectivity index is 1.77. The molecule has 1 saturated carbocycles. The minimum atomic E-state index is -0.0887. The van der Waals surface area contributed by atoms with Gasteiger partial charge in [0, 0.05) is 19.1 Å². The molecule has 1 heterocycles. The third-order valence-corrected chi connectivity index (χ3v) is 3.60. The van der Waals surface area contributed by atoms with Gasteiger partial charge in [-0.25, -0.2) is 0 Å². The van der Waals surface area contributed by atoms with Crippen LogP contribution in [0.3, 0.4) is 0 Å². The number of nitrogens with zero attached hydrogens (tertiary/aromatic N) is 2. The summed E-state index contributed by atoms with van der Waals surface area (Å²) >= 11 is 0. The molecule has 0 spiro atoms. The quantitative estimate of drug-likeness (QED) is 0.729. The lowest BCUT2D eigenvalue weighted by atomic mass is 10.2. The van der Waals surface area contributed by atoms with Crippen LogP contribution in [0.25, 0.3) is 0 Å². The topological polar surface area (TPSA) is 26.7 Å². The predicted octanol–water partition coefficient (Wildman–Crippen LogP) is 0.783. The van der Waals surface area contributed by atoms with E-state index in [9.17, 15) is 5.11 Å². The van der Waals surface area contributed by atoms with E-state index in [0.29, 0.717) is 6.04 Å². The number of likely N-dealkylation sites (N-methyl/N-ethyl adjacent to an activating group) is 1. The van der Waals surface area contributed by atoms with Crippen molar-refractivity contribution in [2.24, 2.45) is 5.92 Å². The summed E-state index contributed by atoms with van der Waals surface area (Å²) in [6, 6.07) is 0.578. The third-order valence-electron chi connectivity index (χ3n) is 3.60. The predicted molar refractivity (Wildman–Crippen MR) is 61.9 cm³/mol. The normalized spacial score (nSPS) is 32.8. The number of aliphatic hydroxyl groups excluding tert-OH is 1. The van der Waals surface area contributed by atoms with Gasteiger partial charge in [0.25, 0.3) is 0 Å². The molecule has 1 aliphatic heterocycles. The van der Waals surface area contributed by atoms with Crippen molar-refractivity contribution in [1.82, 2.24) is 9.80 Å². The second-order valence-electron chi connectivity index (χ2n) is 5.53. The first-order valence-electron chi connectivity index (χ1n) is 6.22. The monoisotopic (exact) mass is 212 g/mol. The molecule has 3 nitrogen and oxygen atoms in total. The molecule has 2 rings (SSSR count). The minimum Gasteiger partial charge on any atom is -0.392 e. The van der Waals surface area contributed by atoms with Gasteiger partial charge >= 0.3 is 0 Å². The van der Waals surface area contributed by atoms with Crippen molar-refractivity contribution in [3.05, 3.63) is 0 Å². The molecule has 3 heteroatoms. The number of aliphatic hydroxyl groups is 1. The Labute approximate surface area is 93.1 Å². The van der Waals surface area contributed by atoms with Gasteiger partial charge < -0.3 is 10.0 Å². The average Bonchev–Trinajstić information content (AvgIpc) is 2.89. The summed E-state index contributed by atoms with van der Waals surface area (Å²) in [7, 11) is 4.23. The van der Waals surface area contributed by atoms with Crippen LogP contribution >= 0.6 is 0 Å². The van der Waals surface area contributed by atoms with E-state index in [0.717, 1.165) is 25.4 Å². The van der Waals surface area contributed by atoms with Crippen molar-refractivity contribution in [3.8, 4) is 0 Å². The van der Waals surface area contributed by atoms with Crippen molar-refractivity contribution in [1.29, 1.82) is 0 Å². The minimum absolute atomic E-state index is 0.0887. The molecule has 0 aromatic carbocycles. The zero-order chi connectivity index (χ0) is 10.8. The summed E-state index contributed by atoms with van der Waals surface area (Å²) in [4.78, 5) is 4.72. The SMILES string of the molecule is CN(C)CC1CC(O)CN1CCC1CC1. The fourth-order valence-corrected chi connectivity index (χ4v) is 2.60. The summed E-state index contributed by atoms with van der Waals surface area (Å²) in [6.07, 6.45) is 5.09. The Bertz CT molecular complexity index is 204. The van der Waals surface area contributed by atoms with Gasteiger partial charge in [-0.3, -0.25) is 4.90 Å². The zero-order valence-electron chi connectivity index (χ0n) is 10.0. The Morgan fingerprint density at radius 1 is 1.33 bits per heavy atom. The summed E-state index contributed by atoms with van der Waals surface area (Å²) in [5.74, 6) is 1.00. The van der Waals surface area contributed by atoms with Crippen LogP contribution in [0.1, 0.15) is 25.7 Å². The molecular weight excluding hydrogens is 188 g/mol. The Morgan fingerprint density at radius 3 is 2.67 bits per heavy atom. The number of hydrogen-bond donors (Lipinski definition) is 1. The summed E-state index contributed by atoms with van der Waals surface area (Å²) in [5.41, 5.74) is 0. The van der Waals surface area contributed by atoms with Gasteiger partial charge in [0.1, 0.15) is 0 Å². The molecule has 0 bridgehead atoms. The molecule has 2 atom stereocenters. The smallest absolute Gasteiger partial charge is 0.0682 e. The second kappa shape index (κ2) is 4.81. The van der Waals surface area contributed by atoms with Gasteiger partial charge in [-0.05, 0) is 39.4 Å². The van der Waals surface area contributed by atoms with Crippen LogP contribution in [-0.4, -0.2) is 60.8 Å². The number of β-amino-alcohol motifs (C(OH)–C–C–N with tert-alkyl or cyclic N) is 1. The van der Waals surface area contributed by atoms with Gasteiger partial charge in [-0.2, -0.15) is 0 Å². The van der Waals surface area contributed by atoms with E-state index < -0.39 is 0 Å². The van der Waals surface area contributed by atoms with E-state index in [2.05, 4.69) is 23.9 Å². The van der Waals surface area contributed by atoms with E-state index in [1.807, 2.05) is 0 Å². The first-order valence-corrected chi connectivity index (χ1v) is 6.22. The average molecular weight is 212 g/mol. The van der Waals surface area contributed by atoms with E-state index in [1.165, 1.54) is 25.8 Å². The fourth-order valence-electron chi connectivity index (χ4n) is 2.60. The highest BCUT2D eigenvalue weighted by Crippen LogP contribution is 2.33. The van der Waals surface area contributed by atoms with E-state index in [4.69, 9.17) is 0 Å². The van der Waals surface area contributed by atoms with Gasteiger partial charge in [-0.1, -0.05) is 12.8 Å². The van der Waals surface area contributed by atoms with Crippen LogP contribution in [0.5, 0.6) is 0 Å². The van der Waals surface area contributed by atoms with Crippen molar-refractivity contribution in [2.45, 2.75) is 37.8 Å². The molecule has 15 heavy (non-hydrogen) atoms. The van der Waals surface area contributed by atoms with E-state index in [1.54, 1.807) is 0 Å². The second-order valence-corrected chi connectivity index (χ2v) is 5.53. The lowest BCUT2D eigenvalue weighted by Crippen LogP contribution is -2.38. The van der Waals surface area contributed by atoms with Crippen LogP contribution in [0.4, 0.5) is 0 Å². The number of rotatable bonds is 5. The fraction of sp³-hybridized carbons (Fsp3) is 1.00.